The molecular formula is C17H18N2OS. The molecule has 1 aliphatic heterocycles. The van der Waals surface area contributed by atoms with Crippen molar-refractivity contribution in [1.29, 1.82) is 0 Å². The molecule has 1 amide bonds. The molecule has 1 atom stereocenters. The highest BCUT2D eigenvalue weighted by Crippen LogP contribution is 2.44. The fourth-order valence-electron chi connectivity index (χ4n) is 2.65. The number of thioether (sulfide) groups is 1. The van der Waals surface area contributed by atoms with Crippen LogP contribution in [0.2, 0.25) is 0 Å². The molecular weight excluding hydrogens is 280 g/mol. The lowest BCUT2D eigenvalue weighted by molar-refractivity contribution is -0.115. The van der Waals surface area contributed by atoms with Gasteiger partial charge in [-0.15, -0.1) is 11.8 Å². The van der Waals surface area contributed by atoms with E-state index in [-0.39, 0.29) is 11.3 Å². The first-order valence-electron chi connectivity index (χ1n) is 6.94. The Morgan fingerprint density at radius 1 is 1.14 bits per heavy atom. The van der Waals surface area contributed by atoms with Crippen molar-refractivity contribution in [2.24, 2.45) is 0 Å². The second kappa shape index (κ2) is 5.45. The van der Waals surface area contributed by atoms with Gasteiger partial charge < -0.3 is 5.73 Å². The molecule has 1 saturated heterocycles. The number of nitrogens with two attached hydrogens (primary N) is 1. The number of nitrogens with zero attached hydrogens (tertiary/aromatic N) is 1. The largest absolute Gasteiger partial charge is 0.398 e. The summed E-state index contributed by atoms with van der Waals surface area (Å²) in [5, 5.41) is -0.0424. The van der Waals surface area contributed by atoms with Crippen LogP contribution in [0.1, 0.15) is 22.1 Å². The molecule has 2 aromatic carbocycles. The highest BCUT2D eigenvalue weighted by atomic mass is 32.2. The lowest BCUT2D eigenvalue weighted by Crippen LogP contribution is -2.29. The van der Waals surface area contributed by atoms with Crippen LogP contribution in [0.3, 0.4) is 0 Å². The van der Waals surface area contributed by atoms with Crippen LogP contribution in [0.15, 0.2) is 42.5 Å². The molecule has 0 radical (unpaired) electrons. The van der Waals surface area contributed by atoms with Gasteiger partial charge in [-0.05, 0) is 37.1 Å². The van der Waals surface area contributed by atoms with E-state index in [9.17, 15) is 4.79 Å². The van der Waals surface area contributed by atoms with Gasteiger partial charge >= 0.3 is 0 Å². The number of carbonyl (C=O) groups is 1. The van der Waals surface area contributed by atoms with Crippen LogP contribution in [-0.2, 0) is 4.79 Å². The third kappa shape index (κ3) is 2.40. The summed E-state index contributed by atoms with van der Waals surface area (Å²) in [7, 11) is 0. The normalized spacial score (nSPS) is 18.3. The fraction of sp³-hybridized carbons (Fsp3) is 0.235. The van der Waals surface area contributed by atoms with Crippen molar-refractivity contribution in [3.63, 3.8) is 0 Å². The number of aryl methyl sites for hydroxylation is 1. The third-order valence-electron chi connectivity index (χ3n) is 3.97. The first kappa shape index (κ1) is 14.0. The zero-order valence-electron chi connectivity index (χ0n) is 12.2. The molecule has 0 unspecified atom stereocenters. The molecule has 108 valence electrons. The summed E-state index contributed by atoms with van der Waals surface area (Å²) in [5.74, 6) is 0.633. The van der Waals surface area contributed by atoms with Crippen LogP contribution in [0.4, 0.5) is 11.4 Å². The maximum Gasteiger partial charge on any atom is 0.238 e. The Bertz CT molecular complexity index is 699. The highest BCUT2D eigenvalue weighted by molar-refractivity contribution is 8.00. The van der Waals surface area contributed by atoms with Gasteiger partial charge in [-0.2, -0.15) is 0 Å². The van der Waals surface area contributed by atoms with E-state index in [0.29, 0.717) is 5.75 Å². The smallest absolute Gasteiger partial charge is 0.238 e. The van der Waals surface area contributed by atoms with Crippen LogP contribution in [0, 0.1) is 13.8 Å². The van der Waals surface area contributed by atoms with E-state index in [1.165, 1.54) is 5.56 Å². The molecule has 2 aromatic rings. The van der Waals surface area contributed by atoms with Crippen molar-refractivity contribution in [3.05, 3.63) is 59.2 Å². The summed E-state index contributed by atoms with van der Waals surface area (Å²) in [6.45, 7) is 4.13. The third-order valence-corrected chi connectivity index (χ3v) is 5.16. The van der Waals surface area contributed by atoms with Crippen LogP contribution >= 0.6 is 11.8 Å². The molecule has 0 bridgehead atoms. The molecule has 21 heavy (non-hydrogen) atoms. The number of carbonyl (C=O) groups excluding carboxylic acids is 1. The number of hydrogen-bond acceptors (Lipinski definition) is 3. The van der Waals surface area contributed by atoms with E-state index in [1.54, 1.807) is 11.8 Å². The quantitative estimate of drug-likeness (QED) is 0.861. The van der Waals surface area contributed by atoms with Crippen LogP contribution < -0.4 is 10.6 Å². The molecule has 1 heterocycles. The summed E-state index contributed by atoms with van der Waals surface area (Å²) in [6, 6.07) is 13.9. The Morgan fingerprint density at radius 2 is 1.90 bits per heavy atom. The second-order valence-corrected chi connectivity index (χ2v) is 6.34. The Hall–Kier alpha value is -1.94. The van der Waals surface area contributed by atoms with E-state index in [1.807, 2.05) is 41.3 Å². The van der Waals surface area contributed by atoms with Crippen molar-refractivity contribution >= 4 is 29.0 Å². The minimum absolute atomic E-state index is 0.0424. The first-order valence-corrected chi connectivity index (χ1v) is 7.98. The molecule has 0 saturated carbocycles. The van der Waals surface area contributed by atoms with Crippen molar-refractivity contribution in [2.75, 3.05) is 16.4 Å². The second-order valence-electron chi connectivity index (χ2n) is 5.28. The molecule has 3 rings (SSSR count). The van der Waals surface area contributed by atoms with Gasteiger partial charge in [0.1, 0.15) is 5.37 Å². The van der Waals surface area contributed by atoms with Gasteiger partial charge in [0.25, 0.3) is 0 Å². The number of benzene rings is 2. The van der Waals surface area contributed by atoms with Gasteiger partial charge in [0.2, 0.25) is 5.91 Å². The fourth-order valence-corrected chi connectivity index (χ4v) is 3.86. The SMILES string of the molecule is Cc1cccc(N2C(=O)CS[C@@H]2c2ccccc2N)c1C. The summed E-state index contributed by atoms with van der Waals surface area (Å²) in [4.78, 5) is 14.3. The molecule has 0 aromatic heterocycles. The maximum absolute atomic E-state index is 12.4. The molecule has 0 spiro atoms. The Labute approximate surface area is 129 Å². The van der Waals surface area contributed by atoms with Crippen LogP contribution in [0.25, 0.3) is 0 Å². The number of amides is 1. The zero-order chi connectivity index (χ0) is 15.0. The minimum Gasteiger partial charge on any atom is -0.398 e. The highest BCUT2D eigenvalue weighted by Gasteiger charge is 2.35. The van der Waals surface area contributed by atoms with Gasteiger partial charge in [-0.3, -0.25) is 9.69 Å². The predicted molar refractivity (Wildman–Crippen MR) is 89.5 cm³/mol. The molecule has 1 fully saturated rings. The van der Waals surface area contributed by atoms with Crippen molar-refractivity contribution in [3.8, 4) is 0 Å². The average Bonchev–Trinajstić information content (AvgIpc) is 2.84. The number of anilines is 2. The predicted octanol–water partition coefficient (Wildman–Crippen LogP) is 3.66. The summed E-state index contributed by atoms with van der Waals surface area (Å²) >= 11 is 1.63. The summed E-state index contributed by atoms with van der Waals surface area (Å²) in [6.07, 6.45) is 0. The summed E-state index contributed by atoms with van der Waals surface area (Å²) in [5.41, 5.74) is 11.2. The van der Waals surface area contributed by atoms with E-state index >= 15 is 0 Å². The van der Waals surface area contributed by atoms with Gasteiger partial charge in [-0.25, -0.2) is 0 Å². The molecule has 1 aliphatic rings. The van der Waals surface area contributed by atoms with Crippen LogP contribution in [0.5, 0.6) is 0 Å². The van der Waals surface area contributed by atoms with Crippen molar-refractivity contribution < 1.29 is 4.79 Å². The van der Waals surface area contributed by atoms with E-state index in [0.717, 1.165) is 22.5 Å². The number of para-hydroxylation sites is 1. The number of nitrogen functional groups attached to an aromatic ring is 1. The van der Waals surface area contributed by atoms with Gasteiger partial charge in [0.05, 0.1) is 5.75 Å². The summed E-state index contributed by atoms with van der Waals surface area (Å²) < 4.78 is 0. The lowest BCUT2D eigenvalue weighted by atomic mass is 10.1. The maximum atomic E-state index is 12.4. The van der Waals surface area contributed by atoms with E-state index in [2.05, 4.69) is 19.9 Å². The van der Waals surface area contributed by atoms with E-state index in [4.69, 9.17) is 5.73 Å². The molecule has 2 N–H and O–H groups in total. The topological polar surface area (TPSA) is 46.3 Å². The van der Waals surface area contributed by atoms with Gasteiger partial charge in [0.15, 0.2) is 0 Å². The average molecular weight is 298 g/mol. The van der Waals surface area contributed by atoms with Gasteiger partial charge in [-0.1, -0.05) is 30.3 Å². The minimum atomic E-state index is -0.0424. The Kier molecular flexibility index (Phi) is 3.64. The van der Waals surface area contributed by atoms with Crippen molar-refractivity contribution in [1.82, 2.24) is 0 Å². The molecule has 4 heteroatoms. The molecule has 3 nitrogen and oxygen atoms in total. The standard InChI is InChI=1S/C17H18N2OS/c1-11-6-5-9-15(12(11)2)19-16(20)10-21-17(19)13-7-3-4-8-14(13)18/h3-9,17H,10,18H2,1-2H3/t17-/m1/s1. The van der Waals surface area contributed by atoms with Crippen LogP contribution in [-0.4, -0.2) is 11.7 Å². The lowest BCUT2D eigenvalue weighted by Gasteiger charge is -2.27. The van der Waals surface area contributed by atoms with Crippen molar-refractivity contribution in [2.45, 2.75) is 19.2 Å². The number of hydrogen-bond donors (Lipinski definition) is 1. The first-order chi connectivity index (χ1) is 10.1. The zero-order valence-corrected chi connectivity index (χ0v) is 13.0. The Balaban J connectivity index is 2.09. The molecule has 0 aliphatic carbocycles. The monoisotopic (exact) mass is 298 g/mol. The van der Waals surface area contributed by atoms with Gasteiger partial charge in [0, 0.05) is 16.9 Å². The Morgan fingerprint density at radius 3 is 2.67 bits per heavy atom. The van der Waals surface area contributed by atoms with E-state index < -0.39 is 0 Å². The number of rotatable bonds is 2.